The lowest BCUT2D eigenvalue weighted by atomic mass is 9.97. The Morgan fingerprint density at radius 3 is 2.97 bits per heavy atom. The lowest BCUT2D eigenvalue weighted by Gasteiger charge is -2.31. The van der Waals surface area contributed by atoms with E-state index in [0.717, 1.165) is 34.7 Å². The normalized spacial score (nSPS) is 17.0. The van der Waals surface area contributed by atoms with Crippen LogP contribution in [0.5, 0.6) is 5.75 Å². The van der Waals surface area contributed by atoms with Crippen molar-refractivity contribution >= 4 is 38.3 Å². The van der Waals surface area contributed by atoms with E-state index in [1.807, 2.05) is 4.90 Å². The van der Waals surface area contributed by atoms with Crippen LogP contribution in [-0.2, 0) is 4.79 Å². The molecule has 5 nitrogen and oxygen atoms in total. The first kappa shape index (κ1) is 19.5. The Hall–Kier alpha value is -2.81. The quantitative estimate of drug-likeness (QED) is 0.637. The van der Waals surface area contributed by atoms with Crippen LogP contribution in [0.1, 0.15) is 12.8 Å². The van der Waals surface area contributed by atoms with E-state index in [9.17, 15) is 18.0 Å². The van der Waals surface area contributed by atoms with Crippen molar-refractivity contribution in [3.8, 4) is 5.75 Å². The first-order valence-corrected chi connectivity index (χ1v) is 9.96. The Morgan fingerprint density at radius 1 is 1.28 bits per heavy atom. The first-order valence-electron chi connectivity index (χ1n) is 9.15. The number of thiazole rings is 1. The molecule has 9 heteroatoms. The summed E-state index contributed by atoms with van der Waals surface area (Å²) in [5.74, 6) is -0.769. The molecule has 1 aliphatic heterocycles. The second kappa shape index (κ2) is 8.28. The van der Waals surface area contributed by atoms with Crippen molar-refractivity contribution in [1.29, 1.82) is 0 Å². The minimum Gasteiger partial charge on any atom is -0.435 e. The van der Waals surface area contributed by atoms with Gasteiger partial charge < -0.3 is 15.0 Å². The molecule has 0 saturated carbocycles. The highest BCUT2D eigenvalue weighted by atomic mass is 32.1. The minimum absolute atomic E-state index is 0.00946. The van der Waals surface area contributed by atoms with Crippen LogP contribution < -0.4 is 15.0 Å². The monoisotopic (exact) mass is 421 g/mol. The zero-order valence-electron chi connectivity index (χ0n) is 15.3. The summed E-state index contributed by atoms with van der Waals surface area (Å²) in [4.78, 5) is 19.3. The van der Waals surface area contributed by atoms with Crippen molar-refractivity contribution < 1.29 is 22.7 Å². The molecule has 1 unspecified atom stereocenters. The predicted octanol–water partition coefficient (Wildman–Crippen LogP) is 4.89. The van der Waals surface area contributed by atoms with Gasteiger partial charge >= 0.3 is 6.61 Å². The SMILES string of the molecule is O=C(Nc1cccc(OC(F)F)c1)C1CCCN(c2nc3ccc(F)cc3s2)C1. The summed E-state index contributed by atoms with van der Waals surface area (Å²) in [7, 11) is 0. The summed E-state index contributed by atoms with van der Waals surface area (Å²) in [6.45, 7) is -1.67. The number of piperidine rings is 1. The fourth-order valence-electron chi connectivity index (χ4n) is 3.38. The maximum Gasteiger partial charge on any atom is 0.387 e. The molecule has 0 radical (unpaired) electrons. The number of alkyl halides is 2. The van der Waals surface area contributed by atoms with E-state index in [-0.39, 0.29) is 23.4 Å². The van der Waals surface area contributed by atoms with Gasteiger partial charge in [-0.25, -0.2) is 9.37 Å². The third-order valence-electron chi connectivity index (χ3n) is 4.73. The Morgan fingerprint density at radius 2 is 2.14 bits per heavy atom. The Kier molecular flexibility index (Phi) is 5.57. The number of nitrogens with zero attached hydrogens (tertiary/aromatic N) is 2. The van der Waals surface area contributed by atoms with E-state index < -0.39 is 6.61 Å². The molecule has 1 fully saturated rings. The van der Waals surface area contributed by atoms with Gasteiger partial charge in [0.05, 0.1) is 16.1 Å². The van der Waals surface area contributed by atoms with Gasteiger partial charge in [0, 0.05) is 24.8 Å². The lowest BCUT2D eigenvalue weighted by Crippen LogP contribution is -2.40. The van der Waals surface area contributed by atoms with E-state index in [2.05, 4.69) is 15.0 Å². The third-order valence-corrected chi connectivity index (χ3v) is 5.81. The van der Waals surface area contributed by atoms with Crippen LogP contribution >= 0.6 is 11.3 Å². The number of ether oxygens (including phenoxy) is 1. The number of halogens is 3. The van der Waals surface area contributed by atoms with Crippen molar-refractivity contribution in [2.75, 3.05) is 23.3 Å². The molecule has 2 aromatic carbocycles. The molecule has 2 heterocycles. The zero-order valence-corrected chi connectivity index (χ0v) is 16.1. The average Bonchev–Trinajstić information content (AvgIpc) is 3.11. The Bertz CT molecular complexity index is 1030. The predicted molar refractivity (Wildman–Crippen MR) is 106 cm³/mol. The van der Waals surface area contributed by atoms with E-state index in [1.54, 1.807) is 18.2 Å². The molecule has 1 atom stereocenters. The zero-order chi connectivity index (χ0) is 20.4. The summed E-state index contributed by atoms with van der Waals surface area (Å²) < 4.78 is 43.3. The number of carbonyl (C=O) groups excluding carboxylic acids is 1. The standard InChI is InChI=1S/C20H18F3N3O2S/c21-13-6-7-16-17(9-13)29-20(25-16)26-8-2-3-12(11-26)18(27)24-14-4-1-5-15(10-14)28-19(22)23/h1,4-7,9-10,12,19H,2-3,8,11H2,(H,24,27). The molecule has 1 saturated heterocycles. The number of benzene rings is 2. The van der Waals surface area contributed by atoms with E-state index in [4.69, 9.17) is 0 Å². The highest BCUT2D eigenvalue weighted by Crippen LogP contribution is 2.32. The summed E-state index contributed by atoms with van der Waals surface area (Å²) >= 11 is 1.40. The van der Waals surface area contributed by atoms with E-state index in [1.165, 1.54) is 35.6 Å². The highest BCUT2D eigenvalue weighted by Gasteiger charge is 2.27. The second-order valence-electron chi connectivity index (χ2n) is 6.79. The molecular weight excluding hydrogens is 403 g/mol. The van der Waals surface area contributed by atoms with Crippen LogP contribution in [0.15, 0.2) is 42.5 Å². The van der Waals surface area contributed by atoms with Crippen LogP contribution in [0.4, 0.5) is 24.0 Å². The van der Waals surface area contributed by atoms with Gasteiger partial charge in [-0.15, -0.1) is 0 Å². The Labute approximate surface area is 169 Å². The molecule has 1 amide bonds. The van der Waals surface area contributed by atoms with Gasteiger partial charge in [-0.05, 0) is 43.2 Å². The van der Waals surface area contributed by atoms with Crippen molar-refractivity contribution in [1.82, 2.24) is 4.98 Å². The molecule has 1 aromatic heterocycles. The number of fused-ring (bicyclic) bond motifs is 1. The van der Waals surface area contributed by atoms with Crippen LogP contribution in [0.2, 0.25) is 0 Å². The van der Waals surface area contributed by atoms with Crippen LogP contribution in [-0.4, -0.2) is 30.6 Å². The van der Waals surface area contributed by atoms with Crippen molar-refractivity contribution in [2.45, 2.75) is 19.5 Å². The molecule has 1 N–H and O–H groups in total. The van der Waals surface area contributed by atoms with Gasteiger partial charge in [0.2, 0.25) is 5.91 Å². The number of carbonyl (C=O) groups is 1. The van der Waals surface area contributed by atoms with Gasteiger partial charge in [0.25, 0.3) is 0 Å². The summed E-state index contributed by atoms with van der Waals surface area (Å²) in [6, 6.07) is 10.4. The third kappa shape index (κ3) is 4.61. The number of aromatic nitrogens is 1. The molecular formula is C20H18F3N3O2S. The molecule has 4 rings (SSSR count). The molecule has 0 bridgehead atoms. The number of anilines is 2. The number of hydrogen-bond acceptors (Lipinski definition) is 5. The molecule has 152 valence electrons. The van der Waals surface area contributed by atoms with Crippen molar-refractivity contribution in [3.05, 3.63) is 48.3 Å². The fraction of sp³-hybridized carbons (Fsp3) is 0.300. The van der Waals surface area contributed by atoms with Gasteiger partial charge in [0.15, 0.2) is 5.13 Å². The summed E-state index contributed by atoms with van der Waals surface area (Å²) in [5.41, 5.74) is 1.13. The molecule has 29 heavy (non-hydrogen) atoms. The summed E-state index contributed by atoms with van der Waals surface area (Å²) in [5, 5.41) is 3.53. The van der Waals surface area contributed by atoms with Crippen molar-refractivity contribution in [2.24, 2.45) is 5.92 Å². The maximum absolute atomic E-state index is 13.4. The number of amides is 1. The lowest BCUT2D eigenvalue weighted by molar-refractivity contribution is -0.120. The number of rotatable bonds is 5. The first-order chi connectivity index (χ1) is 14.0. The largest absolute Gasteiger partial charge is 0.435 e. The van der Waals surface area contributed by atoms with Gasteiger partial charge in [0.1, 0.15) is 11.6 Å². The average molecular weight is 421 g/mol. The second-order valence-corrected chi connectivity index (χ2v) is 7.80. The van der Waals surface area contributed by atoms with E-state index in [0.29, 0.717) is 12.2 Å². The topological polar surface area (TPSA) is 54.5 Å². The van der Waals surface area contributed by atoms with Crippen LogP contribution in [0.25, 0.3) is 10.2 Å². The number of hydrogen-bond donors (Lipinski definition) is 1. The fourth-order valence-corrected chi connectivity index (χ4v) is 4.41. The molecule has 0 aliphatic carbocycles. The Balaban J connectivity index is 1.44. The molecule has 0 spiro atoms. The van der Waals surface area contributed by atoms with Gasteiger partial charge in [-0.3, -0.25) is 4.79 Å². The molecule has 1 aliphatic rings. The van der Waals surface area contributed by atoms with Gasteiger partial charge in [-0.1, -0.05) is 17.4 Å². The maximum atomic E-state index is 13.4. The van der Waals surface area contributed by atoms with Gasteiger partial charge in [-0.2, -0.15) is 8.78 Å². The van der Waals surface area contributed by atoms with Crippen LogP contribution in [0, 0.1) is 11.7 Å². The highest BCUT2D eigenvalue weighted by molar-refractivity contribution is 7.22. The van der Waals surface area contributed by atoms with Crippen molar-refractivity contribution in [3.63, 3.8) is 0 Å². The smallest absolute Gasteiger partial charge is 0.387 e. The van der Waals surface area contributed by atoms with Crippen LogP contribution in [0.3, 0.4) is 0 Å². The van der Waals surface area contributed by atoms with E-state index >= 15 is 0 Å². The summed E-state index contributed by atoms with van der Waals surface area (Å²) in [6.07, 6.45) is 1.53. The minimum atomic E-state index is -2.92. The number of nitrogens with one attached hydrogen (secondary N) is 1. The molecule has 3 aromatic rings.